The Morgan fingerprint density at radius 1 is 1.24 bits per heavy atom. The fourth-order valence-corrected chi connectivity index (χ4v) is 3.06. The largest absolute Gasteiger partial charge is 0.390 e. The standard InChI is InChI=1S/C12H18N4O/c1-15-3-9-5-16(6-10(9)4-15)12-2-11(7-17)13-8-14-12/h2,8-10,17H,3-7H2,1H3. The lowest BCUT2D eigenvalue weighted by atomic mass is 10.0. The van der Waals surface area contributed by atoms with Crippen LogP contribution in [0.15, 0.2) is 12.4 Å². The highest BCUT2D eigenvalue weighted by Gasteiger charge is 2.39. The third-order valence-electron chi connectivity index (χ3n) is 3.86. The molecule has 0 radical (unpaired) electrons. The molecule has 5 nitrogen and oxygen atoms in total. The average molecular weight is 234 g/mol. The summed E-state index contributed by atoms with van der Waals surface area (Å²) < 4.78 is 0. The first-order valence-electron chi connectivity index (χ1n) is 6.11. The van der Waals surface area contributed by atoms with Crippen molar-refractivity contribution >= 4 is 5.82 Å². The maximum absolute atomic E-state index is 9.09. The molecule has 0 saturated carbocycles. The Balaban J connectivity index is 1.74. The van der Waals surface area contributed by atoms with Gasteiger partial charge in [-0.1, -0.05) is 0 Å². The van der Waals surface area contributed by atoms with E-state index in [-0.39, 0.29) is 6.61 Å². The summed E-state index contributed by atoms with van der Waals surface area (Å²) in [6.45, 7) is 4.53. The summed E-state index contributed by atoms with van der Waals surface area (Å²) in [6.07, 6.45) is 1.54. The van der Waals surface area contributed by atoms with Crippen LogP contribution in [-0.4, -0.2) is 53.2 Å². The highest BCUT2D eigenvalue weighted by molar-refractivity contribution is 5.40. The van der Waals surface area contributed by atoms with Crippen LogP contribution in [0.4, 0.5) is 5.82 Å². The van der Waals surface area contributed by atoms with E-state index in [4.69, 9.17) is 5.11 Å². The molecule has 3 rings (SSSR count). The molecule has 0 amide bonds. The van der Waals surface area contributed by atoms with Crippen molar-refractivity contribution in [2.24, 2.45) is 11.8 Å². The number of rotatable bonds is 2. The lowest BCUT2D eigenvalue weighted by Gasteiger charge is -2.20. The van der Waals surface area contributed by atoms with Crippen LogP contribution in [0.3, 0.4) is 0 Å². The molecule has 0 aromatic carbocycles. The van der Waals surface area contributed by atoms with Crippen LogP contribution in [-0.2, 0) is 6.61 Å². The Labute approximate surface area is 101 Å². The number of anilines is 1. The minimum absolute atomic E-state index is 0.0149. The maximum Gasteiger partial charge on any atom is 0.132 e. The lowest BCUT2D eigenvalue weighted by molar-refractivity contribution is 0.276. The first kappa shape index (κ1) is 10.9. The molecule has 2 fully saturated rings. The summed E-state index contributed by atoms with van der Waals surface area (Å²) in [5, 5.41) is 9.09. The molecule has 5 heteroatoms. The van der Waals surface area contributed by atoms with E-state index in [9.17, 15) is 0 Å². The zero-order chi connectivity index (χ0) is 11.8. The highest BCUT2D eigenvalue weighted by atomic mass is 16.3. The van der Waals surface area contributed by atoms with Gasteiger partial charge in [-0.05, 0) is 18.9 Å². The quantitative estimate of drug-likeness (QED) is 0.778. The molecular weight excluding hydrogens is 216 g/mol. The Morgan fingerprint density at radius 2 is 1.94 bits per heavy atom. The van der Waals surface area contributed by atoms with Crippen molar-refractivity contribution in [2.75, 3.05) is 38.1 Å². The summed E-state index contributed by atoms with van der Waals surface area (Å²) in [4.78, 5) is 13.1. The molecule has 0 spiro atoms. The molecule has 92 valence electrons. The summed E-state index contributed by atoms with van der Waals surface area (Å²) in [6, 6.07) is 1.89. The number of aliphatic hydroxyl groups excluding tert-OH is 1. The molecule has 0 aliphatic carbocycles. The average Bonchev–Trinajstić information content (AvgIpc) is 2.86. The predicted octanol–water partition coefficient (Wildman–Crippen LogP) is -0.0333. The smallest absolute Gasteiger partial charge is 0.132 e. The molecule has 2 atom stereocenters. The van der Waals surface area contributed by atoms with Gasteiger partial charge in [0.05, 0.1) is 12.3 Å². The van der Waals surface area contributed by atoms with Crippen LogP contribution >= 0.6 is 0 Å². The van der Waals surface area contributed by atoms with E-state index in [1.165, 1.54) is 13.1 Å². The normalized spacial score (nSPS) is 28.7. The second-order valence-electron chi connectivity index (χ2n) is 5.17. The van der Waals surface area contributed by atoms with Gasteiger partial charge in [-0.2, -0.15) is 0 Å². The second kappa shape index (κ2) is 4.23. The minimum Gasteiger partial charge on any atom is -0.390 e. The van der Waals surface area contributed by atoms with Crippen molar-refractivity contribution in [3.8, 4) is 0 Å². The fourth-order valence-electron chi connectivity index (χ4n) is 3.06. The Bertz CT molecular complexity index is 397. The molecule has 0 bridgehead atoms. The topological polar surface area (TPSA) is 52.5 Å². The first-order chi connectivity index (χ1) is 8.26. The van der Waals surface area contributed by atoms with E-state index >= 15 is 0 Å². The number of hydrogen-bond acceptors (Lipinski definition) is 5. The third kappa shape index (κ3) is 2.00. The summed E-state index contributed by atoms with van der Waals surface area (Å²) in [7, 11) is 2.19. The zero-order valence-electron chi connectivity index (χ0n) is 10.1. The first-order valence-corrected chi connectivity index (χ1v) is 6.11. The fraction of sp³-hybridized carbons (Fsp3) is 0.667. The van der Waals surface area contributed by atoms with Gasteiger partial charge in [-0.15, -0.1) is 0 Å². The molecule has 1 N–H and O–H groups in total. The van der Waals surface area contributed by atoms with Gasteiger partial charge in [0.15, 0.2) is 0 Å². The van der Waals surface area contributed by atoms with Crippen LogP contribution in [0.5, 0.6) is 0 Å². The van der Waals surface area contributed by atoms with Crippen molar-refractivity contribution < 1.29 is 5.11 Å². The van der Waals surface area contributed by atoms with E-state index in [1.807, 2.05) is 6.07 Å². The minimum atomic E-state index is -0.0149. The number of fused-ring (bicyclic) bond motifs is 1. The van der Waals surface area contributed by atoms with E-state index in [1.54, 1.807) is 6.33 Å². The van der Waals surface area contributed by atoms with E-state index in [2.05, 4.69) is 26.8 Å². The summed E-state index contributed by atoms with van der Waals surface area (Å²) in [5.41, 5.74) is 0.698. The van der Waals surface area contributed by atoms with Crippen molar-refractivity contribution in [1.82, 2.24) is 14.9 Å². The molecule has 2 aliphatic rings. The monoisotopic (exact) mass is 234 g/mol. The number of aliphatic hydroxyl groups is 1. The number of nitrogens with zero attached hydrogens (tertiary/aromatic N) is 4. The van der Waals surface area contributed by atoms with Crippen molar-refractivity contribution in [3.05, 3.63) is 18.1 Å². The number of hydrogen-bond donors (Lipinski definition) is 1. The Hall–Kier alpha value is -1.20. The van der Waals surface area contributed by atoms with Crippen LogP contribution in [0, 0.1) is 11.8 Å². The lowest BCUT2D eigenvalue weighted by Crippen LogP contribution is -2.27. The second-order valence-corrected chi connectivity index (χ2v) is 5.17. The van der Waals surface area contributed by atoms with Gasteiger partial charge < -0.3 is 14.9 Å². The number of likely N-dealkylation sites (tertiary alicyclic amines) is 1. The predicted molar refractivity (Wildman–Crippen MR) is 64.6 cm³/mol. The van der Waals surface area contributed by atoms with Gasteiger partial charge in [0.25, 0.3) is 0 Å². The maximum atomic E-state index is 9.09. The van der Waals surface area contributed by atoms with Gasteiger partial charge in [0, 0.05) is 32.2 Å². The summed E-state index contributed by atoms with van der Waals surface area (Å²) in [5.74, 6) is 2.50. The molecule has 2 unspecified atom stereocenters. The molecular formula is C12H18N4O. The van der Waals surface area contributed by atoms with Gasteiger partial charge >= 0.3 is 0 Å². The van der Waals surface area contributed by atoms with Crippen LogP contribution < -0.4 is 4.90 Å². The molecule has 2 aliphatic heterocycles. The zero-order valence-corrected chi connectivity index (χ0v) is 10.1. The molecule has 1 aromatic rings. The SMILES string of the molecule is CN1CC2CN(c3cc(CO)ncn3)CC2C1. The van der Waals surface area contributed by atoms with Crippen LogP contribution in [0.1, 0.15) is 5.69 Å². The molecule has 1 aromatic heterocycles. The van der Waals surface area contributed by atoms with Crippen LogP contribution in [0.25, 0.3) is 0 Å². The van der Waals surface area contributed by atoms with Gasteiger partial charge in [-0.3, -0.25) is 0 Å². The van der Waals surface area contributed by atoms with E-state index in [0.717, 1.165) is 30.7 Å². The number of aromatic nitrogens is 2. The van der Waals surface area contributed by atoms with Gasteiger partial charge in [-0.25, -0.2) is 9.97 Å². The van der Waals surface area contributed by atoms with E-state index in [0.29, 0.717) is 5.69 Å². The van der Waals surface area contributed by atoms with Crippen molar-refractivity contribution in [2.45, 2.75) is 6.61 Å². The van der Waals surface area contributed by atoms with Crippen LogP contribution in [0.2, 0.25) is 0 Å². The molecule has 17 heavy (non-hydrogen) atoms. The Morgan fingerprint density at radius 3 is 2.59 bits per heavy atom. The highest BCUT2D eigenvalue weighted by Crippen LogP contribution is 2.32. The van der Waals surface area contributed by atoms with Gasteiger partial charge in [0.1, 0.15) is 12.1 Å². The summed E-state index contributed by atoms with van der Waals surface area (Å²) >= 11 is 0. The van der Waals surface area contributed by atoms with Crippen molar-refractivity contribution in [3.63, 3.8) is 0 Å². The molecule has 3 heterocycles. The molecule has 2 saturated heterocycles. The van der Waals surface area contributed by atoms with Gasteiger partial charge in [0.2, 0.25) is 0 Å². The third-order valence-corrected chi connectivity index (χ3v) is 3.86. The van der Waals surface area contributed by atoms with E-state index < -0.39 is 0 Å². The van der Waals surface area contributed by atoms with Crippen molar-refractivity contribution in [1.29, 1.82) is 0 Å². The Kier molecular flexibility index (Phi) is 2.72.